The van der Waals surface area contributed by atoms with E-state index < -0.39 is 0 Å². The molecule has 0 heterocycles. The van der Waals surface area contributed by atoms with E-state index >= 15 is 0 Å². The van der Waals surface area contributed by atoms with Crippen LogP contribution in [0, 0.1) is 5.92 Å². The Hall–Kier alpha value is -0.755. The summed E-state index contributed by atoms with van der Waals surface area (Å²) >= 11 is 0. The van der Waals surface area contributed by atoms with Gasteiger partial charge in [-0.25, -0.2) is 0 Å². The first-order valence-corrected chi connectivity index (χ1v) is 4.75. The molecule has 0 unspecified atom stereocenters. The summed E-state index contributed by atoms with van der Waals surface area (Å²) in [7, 11) is 8.61. The maximum atomic E-state index is 5.36. The van der Waals surface area contributed by atoms with Crippen LogP contribution in [0.1, 0.15) is 20.8 Å². The predicted molar refractivity (Wildman–Crippen MR) is 65.3 cm³/mol. The average molecular weight is 192 g/mol. The van der Waals surface area contributed by atoms with Crippen LogP contribution in [-0.2, 0) is 4.74 Å². The second-order valence-electron chi connectivity index (χ2n) is 3.55. The first kappa shape index (κ1) is 15.7. The zero-order valence-corrected chi connectivity index (χ0v) is 9.95. The van der Waals surface area contributed by atoms with Crippen molar-refractivity contribution in [3.8, 4) is 0 Å². The fourth-order valence-corrected chi connectivity index (χ4v) is 0.453. The van der Waals surface area contributed by atoms with Gasteiger partial charge >= 0.3 is 0 Å². The largest absolute Gasteiger partial charge is 0.388 e. The molecule has 0 N–H and O–H groups in total. The van der Waals surface area contributed by atoms with Crippen LogP contribution in [0.3, 0.4) is 0 Å². The highest BCUT2D eigenvalue weighted by atomic mass is 16.4. The van der Waals surface area contributed by atoms with Gasteiger partial charge in [0.2, 0.25) is 0 Å². The van der Waals surface area contributed by atoms with E-state index in [-0.39, 0.29) is 0 Å². The first-order valence-electron chi connectivity index (χ1n) is 4.75. The van der Waals surface area contributed by atoms with Gasteiger partial charge in [0.15, 0.2) is 0 Å². The lowest BCUT2D eigenvalue weighted by Gasteiger charge is -1.83. The minimum Gasteiger partial charge on any atom is -0.388 e. The number of rotatable bonds is 0. The topological polar surface area (TPSA) is 9.23 Å². The molecule has 0 fully saturated rings. The molecule has 0 aliphatic heterocycles. The molecule has 0 saturated heterocycles. The van der Waals surface area contributed by atoms with Gasteiger partial charge in [0, 0.05) is 14.2 Å². The summed E-state index contributed by atoms with van der Waals surface area (Å²) in [6, 6.07) is 9.49. The van der Waals surface area contributed by atoms with Crippen molar-refractivity contribution in [1.82, 2.24) is 0 Å². The van der Waals surface area contributed by atoms with E-state index in [1.807, 2.05) is 30.3 Å². The Morgan fingerprint density at radius 2 is 1.29 bits per heavy atom. The molecule has 0 aliphatic rings. The molecule has 0 saturated carbocycles. The molecule has 0 amide bonds. The molecule has 1 nitrogen and oxygen atoms in total. The van der Waals surface area contributed by atoms with Crippen molar-refractivity contribution in [2.24, 2.45) is 5.92 Å². The third-order valence-electron chi connectivity index (χ3n) is 0.800. The molecular formula is C12H21BO. The maximum Gasteiger partial charge on any atom is 0.113 e. The average Bonchev–Trinajstić information content (AvgIpc) is 2.05. The Kier molecular flexibility index (Phi) is 13.7. The second-order valence-corrected chi connectivity index (χ2v) is 3.55. The number of hydrogen-bond acceptors (Lipinski definition) is 1. The Morgan fingerprint density at radius 1 is 1.00 bits per heavy atom. The number of ether oxygens (including phenoxy) is 1. The quantitative estimate of drug-likeness (QED) is 0.573. The van der Waals surface area contributed by atoms with Crippen molar-refractivity contribution in [2.75, 3.05) is 14.2 Å². The minimum absolute atomic E-state index is 0.822. The summed E-state index contributed by atoms with van der Waals surface area (Å²) < 4.78 is 4.25. The fraction of sp³-hybridized carbons (Fsp3) is 0.500. The summed E-state index contributed by atoms with van der Waals surface area (Å²) in [6.45, 7) is 6.50. The van der Waals surface area contributed by atoms with Crippen LogP contribution in [-0.4, -0.2) is 22.1 Å². The van der Waals surface area contributed by atoms with Crippen LogP contribution in [0.15, 0.2) is 30.3 Å². The molecule has 0 spiro atoms. The number of benzene rings is 1. The van der Waals surface area contributed by atoms with Crippen LogP contribution >= 0.6 is 0 Å². The third-order valence-corrected chi connectivity index (χ3v) is 0.800. The molecule has 1 aromatic carbocycles. The van der Waals surface area contributed by atoms with E-state index in [0.717, 1.165) is 11.4 Å². The smallest absolute Gasteiger partial charge is 0.113 e. The van der Waals surface area contributed by atoms with Crippen molar-refractivity contribution in [3.63, 3.8) is 0 Å². The molecular weight excluding hydrogens is 171 g/mol. The maximum absolute atomic E-state index is 5.36. The van der Waals surface area contributed by atoms with Gasteiger partial charge in [0.25, 0.3) is 0 Å². The summed E-state index contributed by atoms with van der Waals surface area (Å²) in [5.41, 5.74) is 0.822. The monoisotopic (exact) mass is 192 g/mol. The first-order chi connectivity index (χ1) is 6.54. The Labute approximate surface area is 89.9 Å². The van der Waals surface area contributed by atoms with E-state index in [0.29, 0.717) is 0 Å². The van der Waals surface area contributed by atoms with E-state index in [9.17, 15) is 0 Å². The van der Waals surface area contributed by atoms with E-state index in [2.05, 4.69) is 25.5 Å². The van der Waals surface area contributed by atoms with Gasteiger partial charge in [-0.1, -0.05) is 56.6 Å². The molecule has 1 rings (SSSR count). The molecule has 0 aliphatic carbocycles. The number of methoxy groups -OCH3 is 1. The van der Waals surface area contributed by atoms with Gasteiger partial charge in [0.1, 0.15) is 7.85 Å². The molecule has 0 aromatic heterocycles. The van der Waals surface area contributed by atoms with Gasteiger partial charge in [-0.2, -0.15) is 0 Å². The summed E-state index contributed by atoms with van der Waals surface area (Å²) in [5.74, 6) is 0.833. The fourth-order valence-electron chi connectivity index (χ4n) is 0.453. The predicted octanol–water partition coefficient (Wildman–Crippen LogP) is 2.41. The van der Waals surface area contributed by atoms with Gasteiger partial charge in [-0.05, 0) is 5.92 Å². The lowest BCUT2D eigenvalue weighted by Crippen LogP contribution is -1.97. The van der Waals surface area contributed by atoms with Crippen molar-refractivity contribution in [2.45, 2.75) is 20.8 Å². The van der Waals surface area contributed by atoms with Gasteiger partial charge in [-0.3, -0.25) is 0 Å². The van der Waals surface area contributed by atoms with Gasteiger partial charge < -0.3 is 4.74 Å². The SMILES string of the molecule is CC(C)C.COC.[B]c1ccccc1. The van der Waals surface area contributed by atoms with Crippen molar-refractivity contribution in [3.05, 3.63) is 30.3 Å². The summed E-state index contributed by atoms with van der Waals surface area (Å²) in [6.07, 6.45) is 0. The zero-order chi connectivity index (χ0) is 11.4. The Bertz CT molecular complexity index is 182. The highest BCUT2D eigenvalue weighted by Gasteiger charge is 1.72. The summed E-state index contributed by atoms with van der Waals surface area (Å²) in [4.78, 5) is 0. The molecule has 2 heteroatoms. The molecule has 0 bridgehead atoms. The third kappa shape index (κ3) is 22.5. The van der Waals surface area contributed by atoms with E-state index in [1.165, 1.54) is 0 Å². The van der Waals surface area contributed by atoms with Crippen LogP contribution < -0.4 is 5.46 Å². The molecule has 1 aromatic rings. The number of hydrogen-bond donors (Lipinski definition) is 0. The normalized spacial score (nSPS) is 8.14. The molecule has 0 atom stereocenters. The molecule has 14 heavy (non-hydrogen) atoms. The lowest BCUT2D eigenvalue weighted by molar-refractivity contribution is 0.277. The summed E-state index contributed by atoms with van der Waals surface area (Å²) in [5, 5.41) is 0. The van der Waals surface area contributed by atoms with E-state index in [1.54, 1.807) is 14.2 Å². The van der Waals surface area contributed by atoms with Crippen LogP contribution in [0.2, 0.25) is 0 Å². The second kappa shape index (κ2) is 12.2. The minimum atomic E-state index is 0.822. The van der Waals surface area contributed by atoms with Crippen molar-refractivity contribution < 1.29 is 4.74 Å². The Morgan fingerprint density at radius 3 is 1.43 bits per heavy atom. The lowest BCUT2D eigenvalue weighted by atomic mass is 9.97. The van der Waals surface area contributed by atoms with Crippen molar-refractivity contribution in [1.29, 1.82) is 0 Å². The van der Waals surface area contributed by atoms with Crippen molar-refractivity contribution >= 4 is 13.3 Å². The van der Waals surface area contributed by atoms with Gasteiger partial charge in [0.05, 0.1) is 0 Å². The van der Waals surface area contributed by atoms with Gasteiger partial charge in [-0.15, -0.1) is 0 Å². The van der Waals surface area contributed by atoms with Crippen LogP contribution in [0.25, 0.3) is 0 Å². The highest BCUT2D eigenvalue weighted by molar-refractivity contribution is 6.32. The molecule has 2 radical (unpaired) electrons. The zero-order valence-electron chi connectivity index (χ0n) is 9.95. The highest BCUT2D eigenvalue weighted by Crippen LogP contribution is 1.81. The van der Waals surface area contributed by atoms with E-state index in [4.69, 9.17) is 7.85 Å². The van der Waals surface area contributed by atoms with Crippen LogP contribution in [0.4, 0.5) is 0 Å². The Balaban J connectivity index is 0. The van der Waals surface area contributed by atoms with Crippen LogP contribution in [0.5, 0.6) is 0 Å². The molecule has 78 valence electrons. The standard InChI is InChI=1S/C6H5B.C4H10.C2H6O/c7-6-4-2-1-3-5-6;1-4(2)3;1-3-2/h1-5H;4H,1-3H3;1-2H3.